The standard InChI is InChI=1S/C24H19N3O4/c1-16-8-10-19(23(14-16)26(28)29)21-12-13-22(25(21)18-6-4-3-5-7-18)20-11-9-17(2)15-24(20)27(30)31/h3-15H,1-2H3. The molecule has 3 aromatic carbocycles. The van der Waals surface area contributed by atoms with Crippen molar-refractivity contribution in [2.24, 2.45) is 0 Å². The van der Waals surface area contributed by atoms with Crippen molar-refractivity contribution in [3.05, 3.63) is 110 Å². The minimum atomic E-state index is -0.404. The normalized spacial score (nSPS) is 10.8. The summed E-state index contributed by atoms with van der Waals surface area (Å²) in [4.78, 5) is 22.7. The van der Waals surface area contributed by atoms with Gasteiger partial charge in [0, 0.05) is 17.8 Å². The van der Waals surface area contributed by atoms with Gasteiger partial charge in [0.1, 0.15) is 0 Å². The molecule has 0 spiro atoms. The molecule has 0 aliphatic carbocycles. The summed E-state index contributed by atoms with van der Waals surface area (Å²) in [6.07, 6.45) is 0. The van der Waals surface area contributed by atoms with E-state index in [1.165, 1.54) is 12.1 Å². The number of aromatic nitrogens is 1. The Labute approximate surface area is 178 Å². The highest BCUT2D eigenvalue weighted by molar-refractivity contribution is 5.81. The molecule has 0 unspecified atom stereocenters. The van der Waals surface area contributed by atoms with Gasteiger partial charge in [0.15, 0.2) is 0 Å². The Bertz CT molecular complexity index is 1230. The van der Waals surface area contributed by atoms with E-state index in [0.717, 1.165) is 16.8 Å². The van der Waals surface area contributed by atoms with Crippen LogP contribution in [0.2, 0.25) is 0 Å². The van der Waals surface area contributed by atoms with Crippen LogP contribution < -0.4 is 0 Å². The van der Waals surface area contributed by atoms with Crippen molar-refractivity contribution in [2.45, 2.75) is 13.8 Å². The lowest BCUT2D eigenvalue weighted by atomic mass is 10.1. The number of nitro groups is 2. The van der Waals surface area contributed by atoms with E-state index < -0.39 is 9.85 Å². The minimum absolute atomic E-state index is 0.0137. The van der Waals surface area contributed by atoms with Crippen LogP contribution in [0.25, 0.3) is 28.2 Å². The fourth-order valence-corrected chi connectivity index (χ4v) is 3.73. The summed E-state index contributed by atoms with van der Waals surface area (Å²) in [6, 6.07) is 23.0. The third kappa shape index (κ3) is 3.69. The van der Waals surface area contributed by atoms with Crippen LogP contribution in [0, 0.1) is 34.1 Å². The maximum absolute atomic E-state index is 11.8. The minimum Gasteiger partial charge on any atom is -0.309 e. The van der Waals surface area contributed by atoms with Crippen LogP contribution in [0.1, 0.15) is 11.1 Å². The van der Waals surface area contributed by atoms with Gasteiger partial charge in [0.05, 0.1) is 32.4 Å². The lowest BCUT2D eigenvalue weighted by Crippen LogP contribution is -2.03. The van der Waals surface area contributed by atoms with Crippen LogP contribution in [0.5, 0.6) is 0 Å². The molecule has 0 saturated heterocycles. The topological polar surface area (TPSA) is 91.2 Å². The van der Waals surface area contributed by atoms with E-state index in [1.807, 2.05) is 47.0 Å². The van der Waals surface area contributed by atoms with Gasteiger partial charge in [0.25, 0.3) is 11.4 Å². The van der Waals surface area contributed by atoms with Crippen LogP contribution in [0.15, 0.2) is 78.9 Å². The quantitative estimate of drug-likeness (QED) is 0.286. The number of hydrogen-bond donors (Lipinski definition) is 0. The van der Waals surface area contributed by atoms with E-state index in [9.17, 15) is 20.2 Å². The largest absolute Gasteiger partial charge is 0.309 e. The summed E-state index contributed by atoms with van der Waals surface area (Å²) < 4.78 is 1.83. The second-order valence-electron chi connectivity index (χ2n) is 7.33. The number of hydrogen-bond acceptors (Lipinski definition) is 4. The van der Waals surface area contributed by atoms with Crippen molar-refractivity contribution >= 4 is 11.4 Å². The van der Waals surface area contributed by atoms with E-state index in [-0.39, 0.29) is 11.4 Å². The first kappa shape index (κ1) is 20.0. The molecule has 0 aliphatic rings. The summed E-state index contributed by atoms with van der Waals surface area (Å²) in [5.41, 5.74) is 4.35. The zero-order valence-electron chi connectivity index (χ0n) is 17.0. The van der Waals surface area contributed by atoms with E-state index >= 15 is 0 Å². The highest BCUT2D eigenvalue weighted by Crippen LogP contribution is 2.39. The van der Waals surface area contributed by atoms with E-state index in [0.29, 0.717) is 22.5 Å². The fourth-order valence-electron chi connectivity index (χ4n) is 3.73. The number of rotatable bonds is 5. The van der Waals surface area contributed by atoms with Gasteiger partial charge >= 0.3 is 0 Å². The van der Waals surface area contributed by atoms with Gasteiger partial charge in [-0.05, 0) is 61.4 Å². The van der Waals surface area contributed by atoms with Gasteiger partial charge in [0.2, 0.25) is 0 Å². The smallest absolute Gasteiger partial charge is 0.278 e. The molecule has 0 N–H and O–H groups in total. The summed E-state index contributed by atoms with van der Waals surface area (Å²) in [6.45, 7) is 3.60. The van der Waals surface area contributed by atoms with Gasteiger partial charge < -0.3 is 4.57 Å². The summed E-state index contributed by atoms with van der Waals surface area (Å²) in [5, 5.41) is 23.5. The van der Waals surface area contributed by atoms with E-state index in [4.69, 9.17) is 0 Å². The molecular formula is C24H19N3O4. The van der Waals surface area contributed by atoms with Crippen molar-refractivity contribution in [2.75, 3.05) is 0 Å². The second kappa shape index (κ2) is 7.87. The Balaban J connectivity index is 2.06. The maximum atomic E-state index is 11.8. The number of nitrogens with zero attached hydrogens (tertiary/aromatic N) is 3. The molecule has 4 rings (SSSR count). The van der Waals surface area contributed by atoms with Crippen LogP contribution in [-0.4, -0.2) is 14.4 Å². The van der Waals surface area contributed by atoms with Gasteiger partial charge in [-0.15, -0.1) is 0 Å². The third-order valence-electron chi connectivity index (χ3n) is 5.15. The Morgan fingerprint density at radius 1 is 0.645 bits per heavy atom. The van der Waals surface area contributed by atoms with Gasteiger partial charge in [-0.3, -0.25) is 20.2 Å². The Kier molecular flexibility index (Phi) is 5.09. The highest BCUT2D eigenvalue weighted by atomic mass is 16.6. The molecule has 0 fully saturated rings. The molecule has 0 aliphatic heterocycles. The molecule has 0 amide bonds. The lowest BCUT2D eigenvalue weighted by molar-refractivity contribution is -0.384. The Hall–Kier alpha value is -4.26. The molecule has 154 valence electrons. The van der Waals surface area contributed by atoms with Crippen LogP contribution in [0.4, 0.5) is 11.4 Å². The molecule has 7 heteroatoms. The van der Waals surface area contributed by atoms with E-state index in [1.54, 1.807) is 38.1 Å². The van der Waals surface area contributed by atoms with Gasteiger partial charge in [-0.1, -0.05) is 30.3 Å². The van der Waals surface area contributed by atoms with Crippen molar-refractivity contribution in [1.29, 1.82) is 0 Å². The molecule has 4 aromatic rings. The number of aryl methyl sites for hydroxylation is 2. The fraction of sp³-hybridized carbons (Fsp3) is 0.0833. The maximum Gasteiger partial charge on any atom is 0.278 e. The first-order chi connectivity index (χ1) is 14.9. The third-order valence-corrected chi connectivity index (χ3v) is 5.15. The Morgan fingerprint density at radius 3 is 1.52 bits per heavy atom. The van der Waals surface area contributed by atoms with Crippen molar-refractivity contribution < 1.29 is 9.85 Å². The first-order valence-electron chi connectivity index (χ1n) is 9.65. The predicted octanol–water partition coefficient (Wildman–Crippen LogP) is 6.24. The predicted molar refractivity (Wildman–Crippen MR) is 119 cm³/mol. The number of para-hydroxylation sites is 1. The van der Waals surface area contributed by atoms with Gasteiger partial charge in [-0.2, -0.15) is 0 Å². The summed E-state index contributed by atoms with van der Waals surface area (Å²) >= 11 is 0. The lowest BCUT2D eigenvalue weighted by Gasteiger charge is -2.15. The van der Waals surface area contributed by atoms with Crippen molar-refractivity contribution in [3.8, 4) is 28.2 Å². The molecule has 31 heavy (non-hydrogen) atoms. The molecule has 1 heterocycles. The highest BCUT2D eigenvalue weighted by Gasteiger charge is 2.24. The zero-order chi connectivity index (χ0) is 22.1. The monoisotopic (exact) mass is 413 g/mol. The average Bonchev–Trinajstić information content (AvgIpc) is 3.18. The van der Waals surface area contributed by atoms with Crippen LogP contribution in [0.3, 0.4) is 0 Å². The molecule has 0 atom stereocenters. The Morgan fingerprint density at radius 2 is 1.10 bits per heavy atom. The summed E-state index contributed by atoms with van der Waals surface area (Å²) in [5.74, 6) is 0. The zero-order valence-corrected chi connectivity index (χ0v) is 17.0. The van der Waals surface area contributed by atoms with E-state index in [2.05, 4.69) is 0 Å². The van der Waals surface area contributed by atoms with Gasteiger partial charge in [-0.25, -0.2) is 0 Å². The molecule has 0 bridgehead atoms. The van der Waals surface area contributed by atoms with Crippen LogP contribution in [-0.2, 0) is 0 Å². The number of benzene rings is 3. The van der Waals surface area contributed by atoms with Crippen molar-refractivity contribution in [1.82, 2.24) is 4.57 Å². The molecular weight excluding hydrogens is 394 g/mol. The second-order valence-corrected chi connectivity index (χ2v) is 7.33. The molecule has 1 aromatic heterocycles. The molecule has 0 saturated carbocycles. The van der Waals surface area contributed by atoms with Crippen LogP contribution >= 0.6 is 0 Å². The van der Waals surface area contributed by atoms with Crippen molar-refractivity contribution in [3.63, 3.8) is 0 Å². The molecule has 7 nitrogen and oxygen atoms in total. The first-order valence-corrected chi connectivity index (χ1v) is 9.65. The SMILES string of the molecule is Cc1ccc(-c2ccc(-c3ccc(C)cc3[N+](=O)[O-])n2-c2ccccc2)c([N+](=O)[O-])c1. The molecule has 0 radical (unpaired) electrons. The summed E-state index contributed by atoms with van der Waals surface area (Å²) in [7, 11) is 0. The number of nitro benzene ring substituents is 2. The average molecular weight is 413 g/mol.